The predicted molar refractivity (Wildman–Crippen MR) is 90.2 cm³/mol. The molecule has 0 saturated carbocycles. The Kier molecular flexibility index (Phi) is 4.84. The highest BCUT2D eigenvalue weighted by molar-refractivity contribution is 9.10. The van der Waals surface area contributed by atoms with E-state index in [1.54, 1.807) is 12.1 Å². The summed E-state index contributed by atoms with van der Waals surface area (Å²) in [5, 5.41) is 3.53. The van der Waals surface area contributed by atoms with Crippen molar-refractivity contribution in [2.24, 2.45) is 0 Å². The fraction of sp³-hybridized carbons (Fsp3) is 0.533. The van der Waals surface area contributed by atoms with E-state index in [4.69, 9.17) is 4.74 Å². The third-order valence-electron chi connectivity index (χ3n) is 3.32. The van der Waals surface area contributed by atoms with Crippen molar-refractivity contribution in [1.29, 1.82) is 0 Å². The molecule has 1 amide bonds. The van der Waals surface area contributed by atoms with Crippen LogP contribution in [0.2, 0.25) is 0 Å². The lowest BCUT2D eigenvalue weighted by Gasteiger charge is -2.20. The average Bonchev–Trinajstić information content (AvgIpc) is 2.77. The van der Waals surface area contributed by atoms with Crippen LogP contribution in [0.1, 0.15) is 33.6 Å². The second-order valence-electron chi connectivity index (χ2n) is 6.34. The molecule has 1 fully saturated rings. The van der Waals surface area contributed by atoms with Gasteiger partial charge in [-0.2, -0.15) is 0 Å². The molecule has 0 spiro atoms. The second kappa shape index (κ2) is 6.13. The SMILES string of the molecule is CC(C)(C)OC(=O)Nc1ccc(Br)c(P2(=O)CCCC2)c1. The second-order valence-corrected chi connectivity index (χ2v) is 10.3. The largest absolute Gasteiger partial charge is 0.444 e. The van der Waals surface area contributed by atoms with Crippen LogP contribution in [0.3, 0.4) is 0 Å². The number of nitrogens with one attached hydrogen (secondary N) is 1. The fourth-order valence-corrected chi connectivity index (χ4v) is 6.64. The van der Waals surface area contributed by atoms with Crippen LogP contribution in [0.5, 0.6) is 0 Å². The summed E-state index contributed by atoms with van der Waals surface area (Å²) in [6.45, 7) is 5.45. The Bertz CT molecular complexity index is 585. The van der Waals surface area contributed by atoms with E-state index in [0.29, 0.717) is 5.69 Å². The third kappa shape index (κ3) is 4.33. The van der Waals surface area contributed by atoms with Crippen LogP contribution >= 0.6 is 23.1 Å². The Labute approximate surface area is 134 Å². The van der Waals surface area contributed by atoms with Gasteiger partial charge in [0.15, 0.2) is 0 Å². The van der Waals surface area contributed by atoms with E-state index in [0.717, 1.165) is 34.9 Å². The van der Waals surface area contributed by atoms with Gasteiger partial charge >= 0.3 is 6.09 Å². The highest BCUT2D eigenvalue weighted by Crippen LogP contribution is 2.52. The molecule has 0 bridgehead atoms. The van der Waals surface area contributed by atoms with Gasteiger partial charge < -0.3 is 9.30 Å². The highest BCUT2D eigenvalue weighted by atomic mass is 79.9. The minimum Gasteiger partial charge on any atom is -0.444 e. The molecule has 1 aliphatic rings. The van der Waals surface area contributed by atoms with Gasteiger partial charge in [0, 0.05) is 27.8 Å². The molecule has 0 atom stereocenters. The van der Waals surface area contributed by atoms with E-state index in [-0.39, 0.29) is 0 Å². The Balaban J connectivity index is 2.19. The number of halogens is 1. The maximum Gasteiger partial charge on any atom is 0.412 e. The molecule has 0 unspecified atom stereocenters. The van der Waals surface area contributed by atoms with Crippen LogP contribution in [0.4, 0.5) is 10.5 Å². The Morgan fingerprint density at radius 1 is 1.29 bits per heavy atom. The van der Waals surface area contributed by atoms with E-state index in [1.807, 2.05) is 26.8 Å². The number of benzene rings is 1. The number of hydrogen-bond acceptors (Lipinski definition) is 3. The van der Waals surface area contributed by atoms with Crippen molar-refractivity contribution in [3.05, 3.63) is 22.7 Å². The van der Waals surface area contributed by atoms with Crippen LogP contribution in [0.25, 0.3) is 0 Å². The van der Waals surface area contributed by atoms with E-state index >= 15 is 0 Å². The Morgan fingerprint density at radius 3 is 2.48 bits per heavy atom. The smallest absolute Gasteiger partial charge is 0.412 e. The Morgan fingerprint density at radius 2 is 1.90 bits per heavy atom. The maximum atomic E-state index is 12.9. The number of ether oxygens (including phenoxy) is 1. The predicted octanol–water partition coefficient (Wildman–Crippen LogP) is 4.58. The molecule has 0 radical (unpaired) electrons. The normalized spacial score (nSPS) is 17.5. The van der Waals surface area contributed by atoms with Gasteiger partial charge in [-0.1, -0.05) is 15.9 Å². The summed E-state index contributed by atoms with van der Waals surface area (Å²) < 4.78 is 19.0. The molecule has 2 rings (SSSR count). The van der Waals surface area contributed by atoms with Crippen LogP contribution in [0, 0.1) is 0 Å². The summed E-state index contributed by atoms with van der Waals surface area (Å²) >= 11 is 3.47. The molecule has 116 valence electrons. The van der Waals surface area contributed by atoms with Crippen LogP contribution in [-0.4, -0.2) is 24.0 Å². The number of hydrogen-bond donors (Lipinski definition) is 1. The molecule has 0 aliphatic carbocycles. The standard InChI is InChI=1S/C15H21BrNO3P/c1-15(2,3)20-14(18)17-11-6-7-12(16)13(10-11)21(19)8-4-5-9-21/h6-7,10H,4-5,8-9H2,1-3H3,(H,17,18). The molecular formula is C15H21BrNO3P. The maximum absolute atomic E-state index is 12.9. The zero-order valence-corrected chi connectivity index (χ0v) is 15.1. The number of rotatable bonds is 2. The molecule has 21 heavy (non-hydrogen) atoms. The van der Waals surface area contributed by atoms with Crippen molar-refractivity contribution >= 4 is 40.2 Å². The first-order valence-electron chi connectivity index (χ1n) is 7.08. The third-order valence-corrected chi connectivity index (χ3v) is 7.64. The molecule has 1 aromatic carbocycles. The van der Waals surface area contributed by atoms with Gasteiger partial charge in [-0.05, 0) is 51.8 Å². The zero-order valence-electron chi connectivity index (χ0n) is 12.6. The summed E-state index contributed by atoms with van der Waals surface area (Å²) in [6, 6.07) is 5.42. The van der Waals surface area contributed by atoms with Crippen molar-refractivity contribution < 1.29 is 14.1 Å². The van der Waals surface area contributed by atoms with Crippen LogP contribution < -0.4 is 10.6 Å². The van der Waals surface area contributed by atoms with E-state index in [2.05, 4.69) is 21.2 Å². The topological polar surface area (TPSA) is 55.4 Å². The monoisotopic (exact) mass is 373 g/mol. The average molecular weight is 374 g/mol. The summed E-state index contributed by atoms with van der Waals surface area (Å²) in [5.74, 6) is 0. The highest BCUT2D eigenvalue weighted by Gasteiger charge is 2.31. The summed E-state index contributed by atoms with van der Waals surface area (Å²) in [7, 11) is -2.31. The molecule has 1 aromatic rings. The molecule has 6 heteroatoms. The van der Waals surface area contributed by atoms with Crippen molar-refractivity contribution in [1.82, 2.24) is 0 Å². The van der Waals surface area contributed by atoms with Gasteiger partial charge in [-0.3, -0.25) is 5.32 Å². The quantitative estimate of drug-likeness (QED) is 0.771. The van der Waals surface area contributed by atoms with E-state index in [1.165, 1.54) is 0 Å². The van der Waals surface area contributed by atoms with Crippen molar-refractivity contribution in [2.75, 3.05) is 17.6 Å². The molecular weight excluding hydrogens is 353 g/mol. The lowest BCUT2D eigenvalue weighted by molar-refractivity contribution is 0.0636. The van der Waals surface area contributed by atoms with Gasteiger partial charge in [0.25, 0.3) is 0 Å². The van der Waals surface area contributed by atoms with Gasteiger partial charge in [0.05, 0.1) is 0 Å². The van der Waals surface area contributed by atoms with Crippen LogP contribution in [0.15, 0.2) is 22.7 Å². The molecule has 1 aliphatic heterocycles. The number of anilines is 1. The molecule has 0 aromatic heterocycles. The van der Waals surface area contributed by atoms with Crippen molar-refractivity contribution in [2.45, 2.75) is 39.2 Å². The number of amides is 1. The molecule has 1 N–H and O–H groups in total. The molecule has 1 saturated heterocycles. The summed E-state index contributed by atoms with van der Waals surface area (Å²) in [4.78, 5) is 11.8. The first kappa shape index (κ1) is 16.6. The Hall–Kier alpha value is -0.800. The molecule has 1 heterocycles. The van der Waals surface area contributed by atoms with Gasteiger partial charge in [0.1, 0.15) is 12.7 Å². The van der Waals surface area contributed by atoms with Gasteiger partial charge in [-0.15, -0.1) is 0 Å². The minimum atomic E-state index is -2.31. The van der Waals surface area contributed by atoms with Gasteiger partial charge in [-0.25, -0.2) is 4.79 Å². The summed E-state index contributed by atoms with van der Waals surface area (Å²) in [5.41, 5.74) is 0.0742. The van der Waals surface area contributed by atoms with Crippen LogP contribution in [-0.2, 0) is 9.30 Å². The first-order valence-corrected chi connectivity index (χ1v) is 9.95. The van der Waals surface area contributed by atoms with E-state index in [9.17, 15) is 9.36 Å². The lowest BCUT2D eigenvalue weighted by atomic mass is 10.2. The van der Waals surface area contributed by atoms with Crippen molar-refractivity contribution in [3.63, 3.8) is 0 Å². The zero-order chi connectivity index (χ0) is 15.7. The summed E-state index contributed by atoms with van der Waals surface area (Å²) in [6.07, 6.45) is 3.02. The first-order chi connectivity index (χ1) is 9.70. The number of carbonyl (C=O) groups is 1. The van der Waals surface area contributed by atoms with Crippen molar-refractivity contribution in [3.8, 4) is 0 Å². The number of carbonyl (C=O) groups excluding carboxylic acids is 1. The molecule has 4 nitrogen and oxygen atoms in total. The van der Waals surface area contributed by atoms with E-state index < -0.39 is 18.8 Å². The fourth-order valence-electron chi connectivity index (χ4n) is 2.41. The minimum absolute atomic E-state index is 0.500. The lowest BCUT2D eigenvalue weighted by Crippen LogP contribution is -2.27. The van der Waals surface area contributed by atoms with Gasteiger partial charge in [0.2, 0.25) is 0 Å².